The van der Waals surface area contributed by atoms with Gasteiger partial charge in [0.25, 0.3) is 5.56 Å². The van der Waals surface area contributed by atoms with Crippen molar-refractivity contribution in [2.24, 2.45) is 0 Å². The summed E-state index contributed by atoms with van der Waals surface area (Å²) in [5.74, 6) is 0.812. The highest BCUT2D eigenvalue weighted by Crippen LogP contribution is 2.18. The number of rotatable bonds is 12. The minimum absolute atomic E-state index is 0.0976. The lowest BCUT2D eigenvalue weighted by Gasteiger charge is -2.14. The molecule has 0 saturated heterocycles. The van der Waals surface area contributed by atoms with Gasteiger partial charge in [0.2, 0.25) is 5.91 Å². The summed E-state index contributed by atoms with van der Waals surface area (Å²) in [6, 6.07) is 15.1. The normalized spacial score (nSPS) is 11.2. The summed E-state index contributed by atoms with van der Waals surface area (Å²) in [6.07, 6.45) is 0.831. The molecule has 33 heavy (non-hydrogen) atoms. The molecule has 3 rings (SSSR count). The highest BCUT2D eigenvalue weighted by molar-refractivity contribution is 7.99. The van der Waals surface area contributed by atoms with Gasteiger partial charge in [-0.2, -0.15) is 0 Å². The Morgan fingerprint density at radius 1 is 1.15 bits per heavy atom. The first-order valence-electron chi connectivity index (χ1n) is 11.1. The van der Waals surface area contributed by atoms with Gasteiger partial charge in [0.05, 0.1) is 29.3 Å². The standard InChI is InChI=1S/C25H31N3O4S/c1-18(2)31-14-7-13-28-24(30)21-10-4-5-11-22(21)27-25(28)33-17-23(29)26-12-15-32-20-9-6-8-19(3)16-20/h4-6,8-11,16,18H,7,12-15,17H2,1-3H3,(H,26,29). The van der Waals surface area contributed by atoms with Gasteiger partial charge >= 0.3 is 0 Å². The van der Waals surface area contributed by atoms with E-state index < -0.39 is 0 Å². The Balaban J connectivity index is 1.57. The number of para-hydroxylation sites is 1. The number of carbonyl (C=O) groups is 1. The van der Waals surface area contributed by atoms with Gasteiger partial charge in [-0.3, -0.25) is 14.2 Å². The first kappa shape index (κ1) is 24.8. The van der Waals surface area contributed by atoms with E-state index in [9.17, 15) is 9.59 Å². The summed E-state index contributed by atoms with van der Waals surface area (Å²) < 4.78 is 12.9. The van der Waals surface area contributed by atoms with Crippen molar-refractivity contribution in [2.45, 2.75) is 45.0 Å². The summed E-state index contributed by atoms with van der Waals surface area (Å²) >= 11 is 1.26. The van der Waals surface area contributed by atoms with Gasteiger partial charge in [0.1, 0.15) is 12.4 Å². The molecule has 1 amide bonds. The third-order valence-corrected chi connectivity index (χ3v) is 5.80. The molecule has 0 radical (unpaired) electrons. The second-order valence-electron chi connectivity index (χ2n) is 7.95. The van der Waals surface area contributed by atoms with Gasteiger partial charge in [0.15, 0.2) is 5.16 Å². The van der Waals surface area contributed by atoms with Crippen molar-refractivity contribution in [3.8, 4) is 5.75 Å². The monoisotopic (exact) mass is 469 g/mol. The van der Waals surface area contributed by atoms with Crippen LogP contribution in [0.2, 0.25) is 0 Å². The van der Waals surface area contributed by atoms with Gasteiger partial charge < -0.3 is 14.8 Å². The molecule has 0 aliphatic carbocycles. The Morgan fingerprint density at radius 3 is 2.76 bits per heavy atom. The van der Waals surface area contributed by atoms with Crippen LogP contribution in [-0.2, 0) is 16.1 Å². The van der Waals surface area contributed by atoms with E-state index >= 15 is 0 Å². The zero-order valence-electron chi connectivity index (χ0n) is 19.4. The van der Waals surface area contributed by atoms with Crippen molar-refractivity contribution >= 4 is 28.6 Å². The average molecular weight is 470 g/mol. The maximum atomic E-state index is 13.0. The number of benzene rings is 2. The van der Waals surface area contributed by atoms with Crippen molar-refractivity contribution in [2.75, 3.05) is 25.5 Å². The Morgan fingerprint density at radius 2 is 1.97 bits per heavy atom. The van der Waals surface area contributed by atoms with Crippen molar-refractivity contribution < 1.29 is 14.3 Å². The van der Waals surface area contributed by atoms with E-state index in [1.807, 2.05) is 63.2 Å². The first-order chi connectivity index (χ1) is 15.9. The number of hydrogen-bond donors (Lipinski definition) is 1. The molecule has 0 aliphatic rings. The van der Waals surface area contributed by atoms with Crippen molar-refractivity contribution in [3.63, 3.8) is 0 Å². The molecule has 0 spiro atoms. The first-order valence-corrected chi connectivity index (χ1v) is 12.1. The number of thioether (sulfide) groups is 1. The largest absolute Gasteiger partial charge is 0.492 e. The highest BCUT2D eigenvalue weighted by Gasteiger charge is 2.13. The number of ether oxygens (including phenoxy) is 2. The Hall–Kier alpha value is -2.84. The van der Waals surface area contributed by atoms with E-state index in [1.54, 1.807) is 10.6 Å². The fourth-order valence-electron chi connectivity index (χ4n) is 3.24. The third-order valence-electron chi connectivity index (χ3n) is 4.82. The fraction of sp³-hybridized carbons (Fsp3) is 0.400. The van der Waals surface area contributed by atoms with Gasteiger partial charge in [-0.15, -0.1) is 0 Å². The average Bonchev–Trinajstić information content (AvgIpc) is 2.79. The molecular formula is C25H31N3O4S. The number of carbonyl (C=O) groups excluding carboxylic acids is 1. The quantitative estimate of drug-likeness (QED) is 0.247. The van der Waals surface area contributed by atoms with E-state index in [2.05, 4.69) is 10.3 Å². The summed E-state index contributed by atoms with van der Waals surface area (Å²) in [4.78, 5) is 30.0. The molecule has 0 saturated carbocycles. The number of nitrogens with zero attached hydrogens (tertiary/aromatic N) is 2. The summed E-state index contributed by atoms with van der Waals surface area (Å²) in [7, 11) is 0. The SMILES string of the molecule is Cc1cccc(OCCNC(=O)CSc2nc3ccccc3c(=O)n2CCCOC(C)C)c1. The molecule has 2 aromatic carbocycles. The predicted octanol–water partition coefficient (Wildman–Crippen LogP) is 3.81. The minimum atomic E-state index is -0.134. The highest BCUT2D eigenvalue weighted by atomic mass is 32.2. The number of fused-ring (bicyclic) bond motifs is 1. The van der Waals surface area contributed by atoms with Crippen LogP contribution in [-0.4, -0.2) is 47.1 Å². The molecular weight excluding hydrogens is 438 g/mol. The molecule has 8 heteroatoms. The van der Waals surface area contributed by atoms with E-state index in [0.717, 1.165) is 11.3 Å². The van der Waals surface area contributed by atoms with Crippen LogP contribution in [0.25, 0.3) is 10.9 Å². The number of aromatic nitrogens is 2. The van der Waals surface area contributed by atoms with Gasteiger partial charge in [-0.1, -0.05) is 36.0 Å². The van der Waals surface area contributed by atoms with E-state index in [1.165, 1.54) is 11.8 Å². The second-order valence-corrected chi connectivity index (χ2v) is 8.89. The van der Waals surface area contributed by atoms with Crippen LogP contribution in [0.15, 0.2) is 58.5 Å². The topological polar surface area (TPSA) is 82.5 Å². The molecule has 1 N–H and O–H groups in total. The van der Waals surface area contributed by atoms with Crippen LogP contribution < -0.4 is 15.6 Å². The molecule has 0 fully saturated rings. The number of aryl methyl sites for hydroxylation is 1. The molecule has 0 atom stereocenters. The zero-order valence-corrected chi connectivity index (χ0v) is 20.2. The number of amides is 1. The minimum Gasteiger partial charge on any atom is -0.492 e. The van der Waals surface area contributed by atoms with Gasteiger partial charge in [-0.05, 0) is 57.0 Å². The molecule has 0 bridgehead atoms. The lowest BCUT2D eigenvalue weighted by atomic mass is 10.2. The molecule has 0 aliphatic heterocycles. The lowest BCUT2D eigenvalue weighted by Crippen LogP contribution is -2.30. The second kappa shape index (κ2) is 12.4. The molecule has 1 aromatic heterocycles. The smallest absolute Gasteiger partial charge is 0.262 e. The molecule has 1 heterocycles. The number of nitrogens with one attached hydrogen (secondary N) is 1. The number of hydrogen-bond acceptors (Lipinski definition) is 6. The van der Waals surface area contributed by atoms with Crippen molar-refractivity contribution in [3.05, 3.63) is 64.4 Å². The third kappa shape index (κ3) is 7.61. The van der Waals surface area contributed by atoms with Crippen LogP contribution in [0.4, 0.5) is 0 Å². The fourth-order valence-corrected chi connectivity index (χ4v) is 4.10. The van der Waals surface area contributed by atoms with Crippen molar-refractivity contribution in [1.82, 2.24) is 14.9 Å². The maximum Gasteiger partial charge on any atom is 0.262 e. The summed E-state index contributed by atoms with van der Waals surface area (Å²) in [5, 5.41) is 3.96. The Kier molecular flexibility index (Phi) is 9.33. The van der Waals surface area contributed by atoms with Crippen LogP contribution >= 0.6 is 11.8 Å². The molecule has 176 valence electrons. The van der Waals surface area contributed by atoms with E-state index in [0.29, 0.717) is 48.8 Å². The van der Waals surface area contributed by atoms with Crippen LogP contribution in [0, 0.1) is 6.92 Å². The van der Waals surface area contributed by atoms with Crippen LogP contribution in [0.1, 0.15) is 25.8 Å². The summed E-state index contributed by atoms with van der Waals surface area (Å²) in [5.41, 5.74) is 1.66. The Bertz CT molecular complexity index is 1130. The van der Waals surface area contributed by atoms with Crippen LogP contribution in [0.5, 0.6) is 5.75 Å². The van der Waals surface area contributed by atoms with Gasteiger partial charge in [0, 0.05) is 13.2 Å². The van der Waals surface area contributed by atoms with Crippen LogP contribution in [0.3, 0.4) is 0 Å². The van der Waals surface area contributed by atoms with Gasteiger partial charge in [-0.25, -0.2) is 4.98 Å². The predicted molar refractivity (Wildman–Crippen MR) is 132 cm³/mol. The van der Waals surface area contributed by atoms with E-state index in [4.69, 9.17) is 9.47 Å². The lowest BCUT2D eigenvalue weighted by molar-refractivity contribution is -0.118. The van der Waals surface area contributed by atoms with E-state index in [-0.39, 0.29) is 23.3 Å². The molecule has 3 aromatic rings. The molecule has 0 unspecified atom stereocenters. The van der Waals surface area contributed by atoms with Crippen molar-refractivity contribution in [1.29, 1.82) is 0 Å². The zero-order chi connectivity index (χ0) is 23.6. The Labute approximate surface area is 198 Å². The summed E-state index contributed by atoms with van der Waals surface area (Å²) in [6.45, 7) is 7.79. The maximum absolute atomic E-state index is 13.0. The molecule has 7 nitrogen and oxygen atoms in total.